The number of pyridine rings is 1. The molecule has 278 valence electrons. The molecule has 4 heterocycles. The van der Waals surface area contributed by atoms with Crippen molar-refractivity contribution in [3.8, 4) is 0 Å². The molecule has 13 nitrogen and oxygen atoms in total. The zero-order valence-corrected chi connectivity index (χ0v) is 30.1. The number of nitrogens with one attached hydrogen (secondary N) is 5. The van der Waals surface area contributed by atoms with E-state index in [2.05, 4.69) is 54.9 Å². The highest BCUT2D eigenvalue weighted by Crippen LogP contribution is 2.36. The monoisotopic (exact) mass is 723 g/mol. The average Bonchev–Trinajstić information content (AvgIpc) is 3.87. The molecule has 0 saturated carbocycles. The van der Waals surface area contributed by atoms with Crippen LogP contribution in [0.2, 0.25) is 0 Å². The van der Waals surface area contributed by atoms with E-state index in [4.69, 9.17) is 4.98 Å². The van der Waals surface area contributed by atoms with Crippen molar-refractivity contribution in [3.63, 3.8) is 0 Å². The van der Waals surface area contributed by atoms with E-state index in [-0.39, 0.29) is 11.8 Å². The number of likely N-dealkylation sites (tertiary alicyclic amines) is 2. The van der Waals surface area contributed by atoms with Crippen molar-refractivity contribution in [2.75, 3.05) is 74.2 Å². The quantitative estimate of drug-likeness (QED) is 0.115. The van der Waals surface area contributed by atoms with Gasteiger partial charge >= 0.3 is 5.69 Å². The first kappa shape index (κ1) is 37.2. The second kappa shape index (κ2) is 17.3. The minimum absolute atomic E-state index is 0.00954. The molecule has 3 aromatic carbocycles. The molecule has 0 radical (unpaired) electrons. The number of halogens is 1. The second-order valence-corrected chi connectivity index (χ2v) is 13.6. The fourth-order valence-electron chi connectivity index (χ4n) is 6.60. The standard InChI is InChI=1S/C35H43N7O2.C4H3FN2O2/c1-40(2)28-11-7-25(8-12-28)38-35-29-13-9-26(36-33(43)15-21-41-17-3-4-18-41)23-31(29)39-32-24-27(10-14-30(32)35)37-34(44)16-22-42-19-5-6-20-42;5-2-1-6-4(9)7-3(2)8/h7-14,23-24H,3-6,15-22H2,1-2H3,(H,36,43)(H,37,44)(H,38,39);1H,(H2,6,7,8,9). The number of carbonyl (C=O) groups excluding carboxylic acids is 2. The number of rotatable bonds is 11. The number of benzene rings is 3. The number of aromatic amines is 2. The number of fused-ring (bicyclic) bond motifs is 2. The van der Waals surface area contributed by atoms with Gasteiger partial charge in [-0.05, 0) is 113 Å². The zero-order valence-electron chi connectivity index (χ0n) is 30.1. The van der Waals surface area contributed by atoms with Gasteiger partial charge in [-0.25, -0.2) is 9.78 Å². The lowest BCUT2D eigenvalue weighted by Crippen LogP contribution is -2.25. The van der Waals surface area contributed by atoms with Gasteiger partial charge in [0, 0.05) is 79.7 Å². The highest BCUT2D eigenvalue weighted by molar-refractivity contribution is 6.10. The molecule has 0 atom stereocenters. The van der Waals surface area contributed by atoms with Gasteiger partial charge < -0.3 is 35.6 Å². The van der Waals surface area contributed by atoms with Crippen LogP contribution in [0.1, 0.15) is 38.5 Å². The Morgan fingerprint density at radius 2 is 1.25 bits per heavy atom. The lowest BCUT2D eigenvalue weighted by Gasteiger charge is -2.17. The third-order valence-electron chi connectivity index (χ3n) is 9.48. The number of carbonyl (C=O) groups is 2. The summed E-state index contributed by atoms with van der Waals surface area (Å²) in [4.78, 5) is 61.3. The lowest BCUT2D eigenvalue weighted by molar-refractivity contribution is -0.117. The first-order valence-electron chi connectivity index (χ1n) is 18.0. The topological polar surface area (TPSA) is 159 Å². The fourth-order valence-corrected chi connectivity index (χ4v) is 6.60. The van der Waals surface area contributed by atoms with Gasteiger partial charge in [0.2, 0.25) is 17.6 Å². The predicted octanol–water partition coefficient (Wildman–Crippen LogP) is 5.25. The highest BCUT2D eigenvalue weighted by atomic mass is 19.1. The summed E-state index contributed by atoms with van der Waals surface area (Å²) in [6.45, 7) is 5.89. The molecule has 5 aromatic rings. The molecule has 2 saturated heterocycles. The van der Waals surface area contributed by atoms with Gasteiger partial charge in [-0.1, -0.05) is 0 Å². The number of aromatic nitrogens is 3. The van der Waals surface area contributed by atoms with Gasteiger partial charge in [0.1, 0.15) is 0 Å². The third-order valence-corrected chi connectivity index (χ3v) is 9.48. The molecule has 0 unspecified atom stereocenters. The van der Waals surface area contributed by atoms with Crippen LogP contribution in [-0.4, -0.2) is 89.9 Å². The molecule has 5 N–H and O–H groups in total. The van der Waals surface area contributed by atoms with Gasteiger partial charge in [0.05, 0.1) is 16.7 Å². The average molecular weight is 724 g/mol. The van der Waals surface area contributed by atoms with Crippen LogP contribution in [0.15, 0.2) is 76.4 Å². The van der Waals surface area contributed by atoms with Gasteiger partial charge in [0.15, 0.2) is 0 Å². The molecule has 7 rings (SSSR count). The minimum atomic E-state index is -1.00. The Morgan fingerprint density at radius 1 is 0.755 bits per heavy atom. The molecule has 0 spiro atoms. The SMILES string of the molecule is CN(C)c1ccc(Nc2c3ccc(NC(=O)CCN4CCCC4)cc3nc3cc(NC(=O)CCN4CCCC4)ccc23)cc1.O=c1[nH]cc(F)c(=O)[nH]1. The van der Waals surface area contributed by atoms with E-state index >= 15 is 0 Å². The third kappa shape index (κ3) is 10.1. The van der Waals surface area contributed by atoms with Crippen molar-refractivity contribution in [1.29, 1.82) is 0 Å². The minimum Gasteiger partial charge on any atom is -0.378 e. The molecule has 14 heteroatoms. The number of amides is 2. The van der Waals surface area contributed by atoms with Crippen LogP contribution in [0.4, 0.5) is 32.8 Å². The van der Waals surface area contributed by atoms with E-state index in [1.165, 1.54) is 25.7 Å². The molecule has 2 aliphatic rings. The molecule has 2 fully saturated rings. The van der Waals surface area contributed by atoms with Gasteiger partial charge in [-0.2, -0.15) is 4.39 Å². The Morgan fingerprint density at radius 3 is 1.70 bits per heavy atom. The Bertz CT molecular complexity index is 2080. The molecule has 2 amide bonds. The number of nitrogens with zero attached hydrogens (tertiary/aromatic N) is 4. The van der Waals surface area contributed by atoms with Crippen LogP contribution in [0.25, 0.3) is 21.8 Å². The molecular weight excluding hydrogens is 677 g/mol. The first-order valence-corrected chi connectivity index (χ1v) is 18.0. The van der Waals surface area contributed by atoms with Crippen LogP contribution >= 0.6 is 0 Å². The van der Waals surface area contributed by atoms with Gasteiger partial charge in [-0.15, -0.1) is 0 Å². The largest absolute Gasteiger partial charge is 0.378 e. The Labute approximate surface area is 306 Å². The maximum absolute atomic E-state index is 12.8. The Kier molecular flexibility index (Phi) is 12.1. The smallest absolute Gasteiger partial charge is 0.325 e. The molecule has 0 bridgehead atoms. The van der Waals surface area contributed by atoms with E-state index in [0.29, 0.717) is 19.0 Å². The normalized spacial score (nSPS) is 14.5. The summed E-state index contributed by atoms with van der Waals surface area (Å²) in [5.74, 6) is -0.972. The van der Waals surface area contributed by atoms with E-state index in [1.54, 1.807) is 4.98 Å². The summed E-state index contributed by atoms with van der Waals surface area (Å²) in [5, 5.41) is 11.7. The van der Waals surface area contributed by atoms with Crippen LogP contribution in [0.3, 0.4) is 0 Å². The summed E-state index contributed by atoms with van der Waals surface area (Å²) >= 11 is 0. The van der Waals surface area contributed by atoms with Crippen molar-refractivity contribution >= 4 is 62.1 Å². The van der Waals surface area contributed by atoms with Crippen molar-refractivity contribution in [2.24, 2.45) is 0 Å². The van der Waals surface area contributed by atoms with Gasteiger partial charge in [-0.3, -0.25) is 19.4 Å². The van der Waals surface area contributed by atoms with Crippen LogP contribution < -0.4 is 32.1 Å². The molecule has 2 aliphatic heterocycles. The molecule has 53 heavy (non-hydrogen) atoms. The summed E-state index contributed by atoms with van der Waals surface area (Å²) in [5.41, 5.74) is 4.28. The number of H-pyrrole nitrogens is 2. The Hall–Kier alpha value is -5.60. The molecule has 2 aromatic heterocycles. The van der Waals surface area contributed by atoms with Crippen LogP contribution in [0.5, 0.6) is 0 Å². The van der Waals surface area contributed by atoms with Crippen molar-refractivity contribution < 1.29 is 14.0 Å². The van der Waals surface area contributed by atoms with E-state index in [9.17, 15) is 23.6 Å². The van der Waals surface area contributed by atoms with Crippen molar-refractivity contribution in [3.05, 3.63) is 93.5 Å². The second-order valence-electron chi connectivity index (χ2n) is 13.6. The highest BCUT2D eigenvalue weighted by Gasteiger charge is 2.16. The predicted molar refractivity (Wildman–Crippen MR) is 209 cm³/mol. The summed E-state index contributed by atoms with van der Waals surface area (Å²) in [6.07, 6.45) is 6.51. The molecular formula is C39H46FN9O4. The summed E-state index contributed by atoms with van der Waals surface area (Å²) in [7, 11) is 4.05. The summed E-state index contributed by atoms with van der Waals surface area (Å²) in [6, 6.07) is 20.1. The molecule has 0 aliphatic carbocycles. The lowest BCUT2D eigenvalue weighted by atomic mass is 10.1. The first-order chi connectivity index (χ1) is 25.6. The van der Waals surface area contributed by atoms with E-state index < -0.39 is 17.1 Å². The number of hydrogen-bond donors (Lipinski definition) is 5. The number of hydrogen-bond acceptors (Lipinski definition) is 9. The van der Waals surface area contributed by atoms with Crippen LogP contribution in [-0.2, 0) is 9.59 Å². The van der Waals surface area contributed by atoms with Crippen molar-refractivity contribution in [2.45, 2.75) is 38.5 Å². The maximum atomic E-state index is 12.8. The van der Waals surface area contributed by atoms with Crippen LogP contribution in [0, 0.1) is 5.82 Å². The van der Waals surface area contributed by atoms with Gasteiger partial charge in [0.25, 0.3) is 5.56 Å². The summed E-state index contributed by atoms with van der Waals surface area (Å²) < 4.78 is 12.0. The Balaban J connectivity index is 0.000000468. The van der Waals surface area contributed by atoms with E-state index in [1.807, 2.05) is 55.5 Å². The van der Waals surface area contributed by atoms with E-state index in [0.717, 1.165) is 89.5 Å². The number of anilines is 5. The van der Waals surface area contributed by atoms with Crippen molar-refractivity contribution in [1.82, 2.24) is 24.8 Å². The zero-order chi connectivity index (χ0) is 37.3. The fraction of sp³-hybridized carbons (Fsp3) is 0.359. The maximum Gasteiger partial charge on any atom is 0.325 e.